The predicted molar refractivity (Wildman–Crippen MR) is 241 cm³/mol. The molecular formula is C50H52N6O4. The van der Waals surface area contributed by atoms with Crippen LogP contribution in [-0.4, -0.2) is 95.3 Å². The van der Waals surface area contributed by atoms with E-state index in [1.54, 1.807) is 0 Å². The van der Waals surface area contributed by atoms with Crippen molar-refractivity contribution in [1.29, 1.82) is 0 Å². The molecule has 0 bridgehead atoms. The van der Waals surface area contributed by atoms with Gasteiger partial charge in [0, 0.05) is 69.9 Å². The van der Waals surface area contributed by atoms with Crippen LogP contribution in [0.2, 0.25) is 0 Å². The van der Waals surface area contributed by atoms with Crippen LogP contribution in [0.3, 0.4) is 0 Å². The van der Waals surface area contributed by atoms with Gasteiger partial charge >= 0.3 is 11.9 Å². The maximum atomic E-state index is 12.7. The Hall–Kier alpha value is -6.36. The van der Waals surface area contributed by atoms with Crippen molar-refractivity contribution in [3.63, 3.8) is 0 Å². The summed E-state index contributed by atoms with van der Waals surface area (Å²) in [6, 6.07) is 40.8. The minimum absolute atomic E-state index is 0.313. The van der Waals surface area contributed by atoms with Crippen LogP contribution in [0.15, 0.2) is 121 Å². The molecule has 8 aromatic rings. The summed E-state index contributed by atoms with van der Waals surface area (Å²) in [4.78, 5) is 40.0. The number of hydrogen-bond acceptors (Lipinski definition) is 8. The van der Waals surface area contributed by atoms with Gasteiger partial charge < -0.3 is 28.4 Å². The number of methoxy groups -OCH3 is 2. The highest BCUT2D eigenvalue weighted by Crippen LogP contribution is 2.37. The molecule has 0 saturated heterocycles. The first kappa shape index (κ1) is 40.4. The number of para-hydroxylation sites is 2. The first-order chi connectivity index (χ1) is 29.4. The lowest BCUT2D eigenvalue weighted by Gasteiger charge is -2.22. The van der Waals surface area contributed by atoms with Gasteiger partial charge in [0.1, 0.15) is 11.4 Å². The Morgan fingerprint density at radius 2 is 0.883 bits per heavy atom. The van der Waals surface area contributed by atoms with E-state index in [1.807, 2.05) is 84.9 Å². The topological polar surface area (TPSA) is 94.7 Å². The first-order valence-corrected chi connectivity index (χ1v) is 20.8. The Morgan fingerprint density at radius 1 is 0.500 bits per heavy atom. The molecule has 0 unspecified atom stereocenters. The zero-order chi connectivity index (χ0) is 41.6. The summed E-state index contributed by atoms with van der Waals surface area (Å²) in [6.45, 7) is 5.68. The van der Waals surface area contributed by atoms with E-state index in [9.17, 15) is 9.59 Å². The van der Waals surface area contributed by atoms with Crippen LogP contribution in [0.1, 0.15) is 46.7 Å². The number of aryl methyl sites for hydroxylation is 2. The van der Waals surface area contributed by atoms with Crippen LogP contribution in [0.4, 0.5) is 0 Å². The minimum atomic E-state index is -0.438. The van der Waals surface area contributed by atoms with E-state index < -0.39 is 11.9 Å². The molecule has 0 fully saturated rings. The summed E-state index contributed by atoms with van der Waals surface area (Å²) >= 11 is 0. The fraction of sp³-hybridized carbons (Fsp3) is 0.280. The molecule has 0 amide bonds. The van der Waals surface area contributed by atoms with Crippen molar-refractivity contribution in [3.05, 3.63) is 133 Å². The van der Waals surface area contributed by atoms with Crippen LogP contribution in [0, 0.1) is 0 Å². The standard InChI is InChI=1S/C50H52N6O4/c1-53(27-15-17-29-55-43-25-13-11-23-37(43)39-33-41(49(57)59-3)51-45(47(39)55)35-19-7-5-8-20-35)31-32-54(2)28-16-18-30-56-44-26-14-12-24-38(44)40-34-42(50(58)60-4)52-46(48(40)56)36-21-9-6-10-22-36/h5-14,19-26,33-34H,15-18,27-32H2,1-4H3. The first-order valence-electron chi connectivity index (χ1n) is 20.8. The molecule has 10 heteroatoms. The lowest BCUT2D eigenvalue weighted by atomic mass is 10.1. The van der Waals surface area contributed by atoms with Gasteiger partial charge in [-0.05, 0) is 77.1 Å². The predicted octanol–water partition coefficient (Wildman–Crippen LogP) is 9.72. The van der Waals surface area contributed by atoms with Gasteiger partial charge in [-0.1, -0.05) is 97.1 Å². The van der Waals surface area contributed by atoms with E-state index in [-0.39, 0.29) is 0 Å². The molecule has 4 aromatic carbocycles. The van der Waals surface area contributed by atoms with E-state index >= 15 is 0 Å². The molecule has 0 radical (unpaired) electrons. The van der Waals surface area contributed by atoms with E-state index in [0.717, 1.165) is 131 Å². The Bertz CT molecular complexity index is 2590. The lowest BCUT2D eigenvalue weighted by Crippen LogP contribution is -2.32. The second-order valence-corrected chi connectivity index (χ2v) is 15.6. The normalized spacial score (nSPS) is 11.8. The fourth-order valence-electron chi connectivity index (χ4n) is 8.49. The average molecular weight is 801 g/mol. The summed E-state index contributed by atoms with van der Waals surface area (Å²) in [5.74, 6) is -0.876. The highest BCUT2D eigenvalue weighted by atomic mass is 16.5. The van der Waals surface area contributed by atoms with Crippen molar-refractivity contribution >= 4 is 55.6 Å². The van der Waals surface area contributed by atoms with Crippen LogP contribution >= 0.6 is 0 Å². The van der Waals surface area contributed by atoms with Gasteiger partial charge in [-0.25, -0.2) is 19.6 Å². The molecule has 4 heterocycles. The number of carbonyl (C=O) groups is 2. The van der Waals surface area contributed by atoms with Crippen molar-refractivity contribution in [2.24, 2.45) is 0 Å². The third-order valence-electron chi connectivity index (χ3n) is 11.6. The third-order valence-corrected chi connectivity index (χ3v) is 11.6. The Labute approximate surface area is 351 Å². The Morgan fingerprint density at radius 3 is 1.28 bits per heavy atom. The van der Waals surface area contributed by atoms with E-state index in [4.69, 9.17) is 19.4 Å². The van der Waals surface area contributed by atoms with E-state index in [0.29, 0.717) is 11.4 Å². The number of likely N-dealkylation sites (N-methyl/N-ethyl adjacent to an activating group) is 2. The summed E-state index contributed by atoms with van der Waals surface area (Å²) < 4.78 is 14.9. The number of unbranched alkanes of at least 4 members (excludes halogenated alkanes) is 2. The molecule has 0 atom stereocenters. The number of pyridine rings is 2. The lowest BCUT2D eigenvalue weighted by molar-refractivity contribution is 0.0585. The molecule has 0 aliphatic carbocycles. The molecule has 10 nitrogen and oxygen atoms in total. The highest BCUT2D eigenvalue weighted by molar-refractivity contribution is 6.14. The number of carbonyl (C=O) groups excluding carboxylic acids is 2. The molecule has 0 N–H and O–H groups in total. The Kier molecular flexibility index (Phi) is 12.3. The van der Waals surface area contributed by atoms with E-state index in [1.165, 1.54) is 14.2 Å². The number of aromatic nitrogens is 4. The summed E-state index contributed by atoms with van der Waals surface area (Å²) in [5.41, 5.74) is 8.53. The molecule has 60 heavy (non-hydrogen) atoms. The molecule has 0 aliphatic rings. The quantitative estimate of drug-likeness (QED) is 0.0664. The number of fused-ring (bicyclic) bond motifs is 6. The molecule has 0 saturated carbocycles. The molecular weight excluding hydrogens is 749 g/mol. The van der Waals surface area contributed by atoms with Gasteiger partial charge in [-0.15, -0.1) is 0 Å². The Balaban J connectivity index is 0.884. The van der Waals surface area contributed by atoms with Gasteiger partial charge in [0.15, 0.2) is 0 Å². The van der Waals surface area contributed by atoms with Crippen molar-refractivity contribution in [1.82, 2.24) is 28.9 Å². The van der Waals surface area contributed by atoms with Gasteiger partial charge in [-0.2, -0.15) is 0 Å². The number of ether oxygens (including phenoxy) is 2. The van der Waals surface area contributed by atoms with Crippen LogP contribution < -0.4 is 0 Å². The summed E-state index contributed by atoms with van der Waals surface area (Å²) in [5, 5.41) is 4.24. The molecule has 4 aromatic heterocycles. The number of benzene rings is 4. The zero-order valence-corrected chi connectivity index (χ0v) is 34.9. The number of esters is 2. The molecule has 0 spiro atoms. The fourth-order valence-corrected chi connectivity index (χ4v) is 8.49. The van der Waals surface area contributed by atoms with Crippen molar-refractivity contribution in [2.45, 2.75) is 38.8 Å². The van der Waals surface area contributed by atoms with Crippen LogP contribution in [-0.2, 0) is 22.6 Å². The third kappa shape index (κ3) is 8.26. The maximum absolute atomic E-state index is 12.7. The van der Waals surface area contributed by atoms with Crippen LogP contribution in [0.25, 0.3) is 66.1 Å². The minimum Gasteiger partial charge on any atom is -0.464 e. The number of nitrogens with zero attached hydrogens (tertiary/aromatic N) is 6. The van der Waals surface area contributed by atoms with Gasteiger partial charge in [0.05, 0.1) is 36.6 Å². The smallest absolute Gasteiger partial charge is 0.356 e. The second kappa shape index (κ2) is 18.3. The van der Waals surface area contributed by atoms with Crippen molar-refractivity contribution < 1.29 is 19.1 Å². The van der Waals surface area contributed by atoms with Crippen molar-refractivity contribution in [3.8, 4) is 22.5 Å². The number of rotatable bonds is 17. The zero-order valence-electron chi connectivity index (χ0n) is 34.9. The summed E-state index contributed by atoms with van der Waals surface area (Å²) in [6.07, 6.45) is 4.13. The molecule has 306 valence electrons. The second-order valence-electron chi connectivity index (χ2n) is 15.6. The van der Waals surface area contributed by atoms with Crippen molar-refractivity contribution in [2.75, 3.05) is 54.5 Å². The SMILES string of the molecule is COC(=O)c1cc2c3ccccc3n(CCCCN(C)CCN(C)CCCCn3c4ccccc4c4cc(C(=O)OC)nc(-c5ccccc5)c43)c2c(-c2ccccc2)n1. The van der Waals surface area contributed by atoms with Gasteiger partial charge in [0.25, 0.3) is 0 Å². The summed E-state index contributed by atoms with van der Waals surface area (Å²) in [7, 11) is 7.23. The maximum Gasteiger partial charge on any atom is 0.356 e. The van der Waals surface area contributed by atoms with E-state index in [2.05, 4.69) is 69.4 Å². The highest BCUT2D eigenvalue weighted by Gasteiger charge is 2.22. The average Bonchev–Trinajstić information content (AvgIpc) is 3.79. The molecule has 0 aliphatic heterocycles. The van der Waals surface area contributed by atoms with Gasteiger partial charge in [0.2, 0.25) is 0 Å². The van der Waals surface area contributed by atoms with Crippen LogP contribution in [0.5, 0.6) is 0 Å². The largest absolute Gasteiger partial charge is 0.464 e. The van der Waals surface area contributed by atoms with Gasteiger partial charge in [-0.3, -0.25) is 0 Å². The monoisotopic (exact) mass is 800 g/mol. The molecule has 8 rings (SSSR count). The number of hydrogen-bond donors (Lipinski definition) is 0.